The van der Waals surface area contributed by atoms with Crippen LogP contribution in [0, 0.1) is 0 Å². The molecule has 0 bridgehead atoms. The molecule has 0 unspecified atom stereocenters. The highest BCUT2D eigenvalue weighted by atomic mass is 16.5. The zero-order chi connectivity index (χ0) is 15.7. The largest absolute Gasteiger partial charge is 0.478 e. The maximum Gasteiger partial charge on any atom is 0.359 e. The van der Waals surface area contributed by atoms with Crippen LogP contribution in [0.15, 0.2) is 48.7 Å². The number of rotatable bonds is 3. The Balaban J connectivity index is 2.25. The first-order valence-corrected chi connectivity index (χ1v) is 6.51. The minimum Gasteiger partial charge on any atom is -0.478 e. The van der Waals surface area contributed by atoms with E-state index in [0.29, 0.717) is 5.52 Å². The van der Waals surface area contributed by atoms with Crippen molar-refractivity contribution in [1.82, 2.24) is 9.61 Å². The summed E-state index contributed by atoms with van der Waals surface area (Å²) in [7, 11) is 1.19. The van der Waals surface area contributed by atoms with E-state index >= 15 is 0 Å². The molecule has 1 aromatic carbocycles. The van der Waals surface area contributed by atoms with Crippen LogP contribution < -0.4 is 0 Å². The first-order chi connectivity index (χ1) is 10.6. The maximum absolute atomic E-state index is 11.7. The third-order valence-electron chi connectivity index (χ3n) is 3.33. The van der Waals surface area contributed by atoms with Gasteiger partial charge in [-0.05, 0) is 23.3 Å². The van der Waals surface area contributed by atoms with Crippen molar-refractivity contribution in [3.05, 3.63) is 59.9 Å². The van der Waals surface area contributed by atoms with Gasteiger partial charge in [-0.15, -0.1) is 0 Å². The summed E-state index contributed by atoms with van der Waals surface area (Å²) >= 11 is 0. The molecule has 6 heteroatoms. The van der Waals surface area contributed by atoms with Gasteiger partial charge in [0.05, 0.1) is 12.6 Å². The first kappa shape index (κ1) is 13.8. The number of aromatic nitrogens is 2. The average Bonchev–Trinajstić information content (AvgIpc) is 2.93. The molecule has 3 aromatic rings. The predicted octanol–water partition coefficient (Wildman–Crippen LogP) is 2.49. The number of aromatic carboxylic acids is 1. The fraction of sp³-hybridized carbons (Fsp3) is 0.0625. The highest BCUT2D eigenvalue weighted by Crippen LogP contribution is 2.24. The lowest BCUT2D eigenvalue weighted by Crippen LogP contribution is -2.08. The van der Waals surface area contributed by atoms with Gasteiger partial charge in [-0.3, -0.25) is 0 Å². The van der Waals surface area contributed by atoms with Gasteiger partial charge in [0, 0.05) is 6.20 Å². The van der Waals surface area contributed by atoms with Gasteiger partial charge in [0.1, 0.15) is 5.56 Å². The fourth-order valence-electron chi connectivity index (χ4n) is 2.31. The molecule has 1 N–H and O–H groups in total. The van der Waals surface area contributed by atoms with E-state index in [9.17, 15) is 14.7 Å². The molecule has 0 saturated carbocycles. The minimum absolute atomic E-state index is 0.162. The number of fused-ring (bicyclic) bond motifs is 1. The molecule has 0 spiro atoms. The van der Waals surface area contributed by atoms with E-state index in [4.69, 9.17) is 0 Å². The molecule has 0 saturated heterocycles. The van der Waals surface area contributed by atoms with E-state index in [1.165, 1.54) is 11.6 Å². The second-order valence-corrected chi connectivity index (χ2v) is 4.63. The van der Waals surface area contributed by atoms with Crippen molar-refractivity contribution in [2.75, 3.05) is 7.11 Å². The second-order valence-electron chi connectivity index (χ2n) is 4.63. The number of hydrogen-bond donors (Lipinski definition) is 1. The Labute approximate surface area is 125 Å². The Kier molecular flexibility index (Phi) is 3.34. The van der Waals surface area contributed by atoms with Gasteiger partial charge < -0.3 is 9.84 Å². The van der Waals surface area contributed by atoms with E-state index in [-0.39, 0.29) is 11.3 Å². The number of pyridine rings is 1. The lowest BCUT2D eigenvalue weighted by Gasteiger charge is -2.02. The molecule has 6 nitrogen and oxygen atoms in total. The van der Waals surface area contributed by atoms with Crippen molar-refractivity contribution in [3.63, 3.8) is 0 Å². The zero-order valence-electron chi connectivity index (χ0n) is 11.7. The average molecular weight is 296 g/mol. The van der Waals surface area contributed by atoms with Crippen molar-refractivity contribution < 1.29 is 19.4 Å². The SMILES string of the molecule is COC(=O)c1nn2ccc(-c3ccccc3)cc2c1C(=O)O. The smallest absolute Gasteiger partial charge is 0.359 e. The van der Waals surface area contributed by atoms with Crippen molar-refractivity contribution in [3.8, 4) is 11.1 Å². The molecular weight excluding hydrogens is 284 g/mol. The van der Waals surface area contributed by atoms with E-state index in [2.05, 4.69) is 9.84 Å². The van der Waals surface area contributed by atoms with Crippen LogP contribution in [-0.4, -0.2) is 33.8 Å². The fourth-order valence-corrected chi connectivity index (χ4v) is 2.31. The summed E-state index contributed by atoms with van der Waals surface area (Å²) in [5.74, 6) is -2.00. The summed E-state index contributed by atoms with van der Waals surface area (Å²) in [4.78, 5) is 23.2. The third-order valence-corrected chi connectivity index (χ3v) is 3.33. The summed E-state index contributed by atoms with van der Waals surface area (Å²) in [6.07, 6.45) is 1.62. The zero-order valence-corrected chi connectivity index (χ0v) is 11.7. The molecule has 0 aliphatic heterocycles. The molecule has 0 amide bonds. The van der Waals surface area contributed by atoms with Gasteiger partial charge in [0.15, 0.2) is 5.69 Å². The quantitative estimate of drug-likeness (QED) is 0.751. The summed E-state index contributed by atoms with van der Waals surface area (Å²) in [6.45, 7) is 0. The highest BCUT2D eigenvalue weighted by molar-refractivity contribution is 6.06. The summed E-state index contributed by atoms with van der Waals surface area (Å²) in [5, 5.41) is 13.4. The number of ether oxygens (including phenoxy) is 1. The molecule has 2 heterocycles. The van der Waals surface area contributed by atoms with Gasteiger partial charge in [0.25, 0.3) is 0 Å². The lowest BCUT2D eigenvalue weighted by atomic mass is 10.1. The van der Waals surface area contributed by atoms with E-state index in [1.807, 2.05) is 36.4 Å². The number of hydrogen-bond acceptors (Lipinski definition) is 4. The number of benzene rings is 1. The Hall–Kier alpha value is -3.15. The monoisotopic (exact) mass is 296 g/mol. The van der Waals surface area contributed by atoms with Crippen LogP contribution >= 0.6 is 0 Å². The Morgan fingerprint density at radius 2 is 1.86 bits per heavy atom. The predicted molar refractivity (Wildman–Crippen MR) is 78.9 cm³/mol. The number of carbonyl (C=O) groups excluding carboxylic acids is 1. The van der Waals surface area contributed by atoms with E-state index < -0.39 is 11.9 Å². The Morgan fingerprint density at radius 1 is 1.14 bits per heavy atom. The summed E-state index contributed by atoms with van der Waals surface area (Å²) < 4.78 is 5.96. The molecule has 0 fully saturated rings. The van der Waals surface area contributed by atoms with Crippen LogP contribution in [0.1, 0.15) is 20.8 Å². The lowest BCUT2D eigenvalue weighted by molar-refractivity contribution is 0.0577. The molecular formula is C16H12N2O4. The van der Waals surface area contributed by atoms with Crippen molar-refractivity contribution in [2.45, 2.75) is 0 Å². The van der Waals surface area contributed by atoms with Gasteiger partial charge in [-0.25, -0.2) is 14.1 Å². The second kappa shape index (κ2) is 5.33. The molecule has 3 rings (SSSR count). The Bertz CT molecular complexity index is 868. The minimum atomic E-state index is -1.22. The van der Waals surface area contributed by atoms with Crippen LogP contribution in [0.25, 0.3) is 16.6 Å². The molecule has 22 heavy (non-hydrogen) atoms. The molecule has 0 radical (unpaired) electrons. The number of carboxylic acids is 1. The number of nitrogens with zero attached hydrogens (tertiary/aromatic N) is 2. The van der Waals surface area contributed by atoms with Crippen LogP contribution in [0.4, 0.5) is 0 Å². The molecule has 0 aliphatic rings. The van der Waals surface area contributed by atoms with Crippen molar-refractivity contribution in [2.24, 2.45) is 0 Å². The molecule has 110 valence electrons. The topological polar surface area (TPSA) is 80.9 Å². The highest BCUT2D eigenvalue weighted by Gasteiger charge is 2.25. The molecule has 0 aliphatic carbocycles. The number of methoxy groups -OCH3 is 1. The number of carboxylic acid groups (broad SMARTS) is 1. The number of carbonyl (C=O) groups is 2. The third kappa shape index (κ3) is 2.20. The maximum atomic E-state index is 11.7. The first-order valence-electron chi connectivity index (χ1n) is 6.51. The molecule has 0 atom stereocenters. The number of esters is 1. The van der Waals surface area contributed by atoms with Crippen molar-refractivity contribution >= 4 is 17.5 Å². The van der Waals surface area contributed by atoms with Crippen LogP contribution in [0.5, 0.6) is 0 Å². The van der Waals surface area contributed by atoms with Gasteiger partial charge >= 0.3 is 11.9 Å². The van der Waals surface area contributed by atoms with E-state index in [1.54, 1.807) is 12.3 Å². The van der Waals surface area contributed by atoms with E-state index in [0.717, 1.165) is 11.1 Å². The summed E-state index contributed by atoms with van der Waals surface area (Å²) in [5.41, 5.74) is 1.76. The van der Waals surface area contributed by atoms with Crippen LogP contribution in [-0.2, 0) is 4.74 Å². The Morgan fingerprint density at radius 3 is 2.50 bits per heavy atom. The van der Waals surface area contributed by atoms with Crippen molar-refractivity contribution in [1.29, 1.82) is 0 Å². The van der Waals surface area contributed by atoms with Gasteiger partial charge in [0.2, 0.25) is 0 Å². The standard InChI is InChI=1S/C16H12N2O4/c1-22-16(21)14-13(15(19)20)12-9-11(7-8-18(12)17-14)10-5-3-2-4-6-10/h2-9H,1H3,(H,19,20). The van der Waals surface area contributed by atoms with Crippen LogP contribution in [0.3, 0.4) is 0 Å². The van der Waals surface area contributed by atoms with Gasteiger partial charge in [-0.2, -0.15) is 5.10 Å². The summed E-state index contributed by atoms with van der Waals surface area (Å²) in [6, 6.07) is 13.0. The van der Waals surface area contributed by atoms with Gasteiger partial charge in [-0.1, -0.05) is 30.3 Å². The molecule has 2 aromatic heterocycles. The normalized spacial score (nSPS) is 10.6. The van der Waals surface area contributed by atoms with Crippen LogP contribution in [0.2, 0.25) is 0 Å².